The maximum absolute atomic E-state index is 11.8. The van der Waals surface area contributed by atoms with E-state index < -0.39 is 5.97 Å². The maximum Gasteiger partial charge on any atom is 0.353 e. The van der Waals surface area contributed by atoms with Gasteiger partial charge in [-0.05, 0) is 30.7 Å². The van der Waals surface area contributed by atoms with Crippen LogP contribution in [0.4, 0.5) is 0 Å². The maximum atomic E-state index is 11.8. The third-order valence-corrected chi connectivity index (χ3v) is 4.69. The summed E-state index contributed by atoms with van der Waals surface area (Å²) in [5.41, 5.74) is 2.23. The number of aromatic amines is 1. The van der Waals surface area contributed by atoms with E-state index in [2.05, 4.69) is 4.98 Å². The highest BCUT2D eigenvalue weighted by atomic mass is 35.5. The number of rotatable bonds is 3. The quantitative estimate of drug-likeness (QED) is 0.643. The van der Waals surface area contributed by atoms with E-state index >= 15 is 0 Å². The Morgan fingerprint density at radius 1 is 1.18 bits per heavy atom. The molecule has 1 aromatic carbocycles. The summed E-state index contributed by atoms with van der Waals surface area (Å²) in [4.78, 5) is 25.9. The van der Waals surface area contributed by atoms with Gasteiger partial charge in [0.05, 0.1) is 15.8 Å². The van der Waals surface area contributed by atoms with E-state index in [9.17, 15) is 14.7 Å². The molecule has 0 spiro atoms. The van der Waals surface area contributed by atoms with Crippen molar-refractivity contribution in [3.63, 3.8) is 0 Å². The summed E-state index contributed by atoms with van der Waals surface area (Å²) >= 11 is 13.3. The highest BCUT2D eigenvalue weighted by Crippen LogP contribution is 2.38. The number of carbonyl (C=O) groups is 2. The molecule has 0 radical (unpaired) electrons. The van der Waals surface area contributed by atoms with Gasteiger partial charge in [-0.25, -0.2) is 4.79 Å². The number of ketones is 1. The third-order valence-electron chi connectivity index (χ3n) is 3.26. The molecule has 3 aromatic rings. The number of carboxylic acid groups (broad SMARTS) is 1. The Kier molecular flexibility index (Phi) is 3.72. The van der Waals surface area contributed by atoms with Crippen LogP contribution in [0.15, 0.2) is 23.6 Å². The molecule has 0 bridgehead atoms. The van der Waals surface area contributed by atoms with Crippen molar-refractivity contribution in [1.82, 2.24) is 4.98 Å². The predicted molar refractivity (Wildman–Crippen MR) is 88.6 cm³/mol. The van der Waals surface area contributed by atoms with Crippen molar-refractivity contribution in [3.05, 3.63) is 44.9 Å². The minimum Gasteiger partial charge on any atom is -0.477 e. The number of fused-ring (bicyclic) bond motifs is 1. The Labute approximate surface area is 139 Å². The first-order valence-corrected chi connectivity index (χ1v) is 7.86. The van der Waals surface area contributed by atoms with E-state index in [1.165, 1.54) is 18.3 Å². The van der Waals surface area contributed by atoms with Crippen molar-refractivity contribution in [1.29, 1.82) is 0 Å². The average molecular weight is 354 g/mol. The van der Waals surface area contributed by atoms with E-state index in [-0.39, 0.29) is 17.0 Å². The first-order chi connectivity index (χ1) is 10.4. The zero-order valence-electron chi connectivity index (χ0n) is 11.2. The molecule has 112 valence electrons. The summed E-state index contributed by atoms with van der Waals surface area (Å²) in [5, 5.41) is 12.1. The topological polar surface area (TPSA) is 70.2 Å². The van der Waals surface area contributed by atoms with Crippen molar-refractivity contribution < 1.29 is 14.7 Å². The number of aromatic carboxylic acids is 1. The van der Waals surface area contributed by atoms with Crippen LogP contribution in [0.5, 0.6) is 0 Å². The van der Waals surface area contributed by atoms with Crippen molar-refractivity contribution >= 4 is 56.5 Å². The molecular formula is C15H9Cl2NO3S. The number of nitrogens with one attached hydrogen (secondary N) is 1. The molecule has 0 fully saturated rings. The van der Waals surface area contributed by atoms with E-state index in [1.807, 2.05) is 5.38 Å². The Morgan fingerprint density at radius 2 is 1.82 bits per heavy atom. The van der Waals surface area contributed by atoms with Gasteiger partial charge in [0.2, 0.25) is 0 Å². The van der Waals surface area contributed by atoms with Crippen LogP contribution in [0.1, 0.15) is 27.8 Å². The standard InChI is InChI=1S/C15H9Cl2NO3S/c1-6(19)11-13(15(20)21)18-12-10(5-22-14(11)12)7-2-8(16)4-9(17)3-7/h2-5,18H,1H3,(H,20,21). The average Bonchev–Trinajstić information content (AvgIpc) is 2.94. The molecule has 2 heterocycles. The molecule has 22 heavy (non-hydrogen) atoms. The Balaban J connectivity index is 2.31. The van der Waals surface area contributed by atoms with Crippen LogP contribution in [-0.2, 0) is 0 Å². The summed E-state index contributed by atoms with van der Waals surface area (Å²) in [5.74, 6) is -1.45. The van der Waals surface area contributed by atoms with Crippen molar-refractivity contribution in [3.8, 4) is 11.1 Å². The molecule has 0 unspecified atom stereocenters. The monoisotopic (exact) mass is 353 g/mol. The normalized spacial score (nSPS) is 11.0. The van der Waals surface area contributed by atoms with Gasteiger partial charge in [0.15, 0.2) is 5.78 Å². The fourth-order valence-corrected chi connectivity index (χ4v) is 4.04. The minimum absolute atomic E-state index is 0.0938. The van der Waals surface area contributed by atoms with Crippen molar-refractivity contribution in [2.75, 3.05) is 0 Å². The second kappa shape index (κ2) is 5.43. The van der Waals surface area contributed by atoms with Gasteiger partial charge in [0, 0.05) is 21.0 Å². The summed E-state index contributed by atoms with van der Waals surface area (Å²) in [6, 6.07) is 5.10. The second-order valence-corrected chi connectivity index (χ2v) is 6.50. The zero-order chi connectivity index (χ0) is 16.0. The summed E-state index contributed by atoms with van der Waals surface area (Å²) in [6.07, 6.45) is 0. The Hall–Kier alpha value is -1.82. The summed E-state index contributed by atoms with van der Waals surface area (Å²) < 4.78 is 0.621. The molecule has 3 rings (SSSR count). The molecular weight excluding hydrogens is 345 g/mol. The lowest BCUT2D eigenvalue weighted by Gasteiger charge is -2.01. The van der Waals surface area contributed by atoms with Gasteiger partial charge >= 0.3 is 5.97 Å². The molecule has 0 aliphatic rings. The number of benzene rings is 1. The molecule has 2 N–H and O–H groups in total. The van der Waals surface area contributed by atoms with Crippen LogP contribution in [0.2, 0.25) is 10.0 Å². The van der Waals surface area contributed by atoms with Crippen LogP contribution >= 0.6 is 34.5 Å². The number of hydrogen-bond acceptors (Lipinski definition) is 3. The number of carbonyl (C=O) groups excluding carboxylic acids is 1. The molecule has 0 atom stereocenters. The molecule has 7 heteroatoms. The number of hydrogen-bond donors (Lipinski definition) is 2. The van der Waals surface area contributed by atoms with Crippen molar-refractivity contribution in [2.45, 2.75) is 6.92 Å². The van der Waals surface area contributed by atoms with Crippen molar-refractivity contribution in [2.24, 2.45) is 0 Å². The lowest BCUT2D eigenvalue weighted by Crippen LogP contribution is -2.04. The number of Topliss-reactive ketones (excluding diaryl/α,β-unsaturated/α-hetero) is 1. The molecule has 0 aliphatic carbocycles. The van der Waals surface area contributed by atoms with E-state index in [0.29, 0.717) is 20.3 Å². The van der Waals surface area contributed by atoms with Gasteiger partial charge in [0.25, 0.3) is 0 Å². The van der Waals surface area contributed by atoms with Gasteiger partial charge in [-0.2, -0.15) is 0 Å². The largest absolute Gasteiger partial charge is 0.477 e. The third kappa shape index (κ3) is 2.41. The van der Waals surface area contributed by atoms with E-state index in [0.717, 1.165) is 11.1 Å². The fraction of sp³-hybridized carbons (Fsp3) is 0.0667. The molecule has 0 saturated heterocycles. The van der Waals surface area contributed by atoms with Crippen LogP contribution in [0.3, 0.4) is 0 Å². The van der Waals surface area contributed by atoms with Gasteiger partial charge in [-0.1, -0.05) is 23.2 Å². The van der Waals surface area contributed by atoms with Gasteiger partial charge < -0.3 is 10.1 Å². The lowest BCUT2D eigenvalue weighted by atomic mass is 10.1. The second-order valence-electron chi connectivity index (χ2n) is 4.75. The molecule has 2 aromatic heterocycles. The van der Waals surface area contributed by atoms with E-state index in [4.69, 9.17) is 23.2 Å². The summed E-state index contributed by atoms with van der Waals surface area (Å²) in [7, 11) is 0. The first kappa shape index (κ1) is 15.1. The number of thiophene rings is 1. The predicted octanol–water partition coefficient (Wildman–Crippen LogP) is 5.10. The number of halogens is 2. The SMILES string of the molecule is CC(=O)c1c(C(=O)O)[nH]c2c(-c3cc(Cl)cc(Cl)c3)csc12. The first-order valence-electron chi connectivity index (χ1n) is 6.22. The number of aromatic nitrogens is 1. The molecule has 0 aliphatic heterocycles. The highest BCUT2D eigenvalue weighted by Gasteiger charge is 2.23. The van der Waals surface area contributed by atoms with E-state index in [1.54, 1.807) is 18.2 Å². The van der Waals surface area contributed by atoms with Gasteiger partial charge in [0.1, 0.15) is 5.69 Å². The number of H-pyrrole nitrogens is 1. The molecule has 0 saturated carbocycles. The minimum atomic E-state index is -1.16. The van der Waals surface area contributed by atoms with Crippen LogP contribution in [0.25, 0.3) is 21.3 Å². The van der Waals surface area contributed by atoms with Gasteiger partial charge in [-0.15, -0.1) is 11.3 Å². The fourth-order valence-electron chi connectivity index (χ4n) is 2.39. The molecule has 4 nitrogen and oxygen atoms in total. The van der Waals surface area contributed by atoms with Crippen LogP contribution in [-0.4, -0.2) is 21.8 Å². The number of carboxylic acids is 1. The smallest absolute Gasteiger partial charge is 0.353 e. The highest BCUT2D eigenvalue weighted by molar-refractivity contribution is 7.18. The lowest BCUT2D eigenvalue weighted by molar-refractivity contribution is 0.0687. The summed E-state index contributed by atoms with van der Waals surface area (Å²) in [6.45, 7) is 1.35. The van der Waals surface area contributed by atoms with Crippen LogP contribution < -0.4 is 0 Å². The van der Waals surface area contributed by atoms with Crippen LogP contribution in [0, 0.1) is 0 Å². The molecule has 0 amide bonds. The zero-order valence-corrected chi connectivity index (χ0v) is 13.6. The Bertz CT molecular complexity index is 906. The Morgan fingerprint density at radius 3 is 2.36 bits per heavy atom. The van der Waals surface area contributed by atoms with Gasteiger partial charge in [-0.3, -0.25) is 4.79 Å².